The highest BCUT2D eigenvalue weighted by Gasteiger charge is 2.31. The van der Waals surface area contributed by atoms with Crippen molar-refractivity contribution in [3.63, 3.8) is 0 Å². The molecule has 0 spiro atoms. The largest absolute Gasteiger partial charge is 0.481 e. The Morgan fingerprint density at radius 1 is 0.921 bits per heavy atom. The molecule has 1 aromatic heterocycles. The number of carboxylic acids is 2. The van der Waals surface area contributed by atoms with Crippen molar-refractivity contribution in [2.24, 2.45) is 11.5 Å². The van der Waals surface area contributed by atoms with Gasteiger partial charge in [0.25, 0.3) is 0 Å². The Bertz CT molecular complexity index is 1140. The third-order valence-corrected chi connectivity index (χ3v) is 6.23. The summed E-state index contributed by atoms with van der Waals surface area (Å²) >= 11 is 3.96. The molecular weight excluding hydrogens is 516 g/mol. The van der Waals surface area contributed by atoms with Crippen LogP contribution in [0.15, 0.2) is 30.5 Å². The van der Waals surface area contributed by atoms with E-state index in [1.54, 1.807) is 18.3 Å². The number of hydrogen-bond acceptors (Lipinski definition) is 8. The smallest absolute Gasteiger partial charge is 0.326 e. The van der Waals surface area contributed by atoms with E-state index in [4.69, 9.17) is 11.5 Å². The normalized spacial score (nSPS) is 14.2. The zero-order valence-electron chi connectivity index (χ0n) is 20.7. The molecule has 0 fully saturated rings. The lowest BCUT2D eigenvalue weighted by Crippen LogP contribution is -2.57. The molecule has 0 bridgehead atoms. The summed E-state index contributed by atoms with van der Waals surface area (Å²) in [5, 5.41) is 27.0. The van der Waals surface area contributed by atoms with Crippen LogP contribution in [0.4, 0.5) is 0 Å². The van der Waals surface area contributed by atoms with Crippen molar-refractivity contribution in [2.75, 3.05) is 12.3 Å². The zero-order valence-corrected chi connectivity index (χ0v) is 21.6. The molecule has 4 atom stereocenters. The van der Waals surface area contributed by atoms with Crippen LogP contribution in [0.1, 0.15) is 31.2 Å². The predicted octanol–water partition coefficient (Wildman–Crippen LogP) is -0.890. The molecule has 1 aromatic carbocycles. The molecule has 2 rings (SSSR count). The van der Waals surface area contributed by atoms with Crippen LogP contribution in [0.25, 0.3) is 10.9 Å². The summed E-state index contributed by atoms with van der Waals surface area (Å²) in [5.74, 6) is -5.15. The van der Waals surface area contributed by atoms with Crippen LogP contribution in [-0.2, 0) is 30.4 Å². The minimum absolute atomic E-state index is 0.0278. The van der Waals surface area contributed by atoms with Gasteiger partial charge in [-0.25, -0.2) is 4.79 Å². The predicted molar refractivity (Wildman–Crippen MR) is 142 cm³/mol. The number of aromatic amines is 1. The number of carbonyl (C=O) groups excluding carboxylic acids is 3. The highest BCUT2D eigenvalue weighted by molar-refractivity contribution is 7.80. The number of carboxylic acid groups (broad SMARTS) is 2. The monoisotopic (exact) mass is 550 g/mol. The third kappa shape index (κ3) is 9.04. The first-order chi connectivity index (χ1) is 18.1. The number of thiol groups is 1. The SMILES string of the molecule is NCCCCC(NC(=O)C(N)CS)C(=O)NC(CC(=O)O)C(=O)NC(Cc1c[nH]c2ccccc12)C(=O)O. The molecule has 0 radical (unpaired) electrons. The number of H-pyrrole nitrogens is 1. The van der Waals surface area contributed by atoms with Crippen molar-refractivity contribution >= 4 is 53.2 Å². The molecule has 0 aliphatic carbocycles. The molecule has 3 amide bonds. The van der Waals surface area contributed by atoms with E-state index >= 15 is 0 Å². The molecule has 0 aliphatic heterocycles. The van der Waals surface area contributed by atoms with Crippen LogP contribution in [0.5, 0.6) is 0 Å². The quantitative estimate of drug-likeness (QED) is 0.0931. The molecule has 0 saturated carbocycles. The van der Waals surface area contributed by atoms with Gasteiger partial charge in [0, 0.05) is 29.3 Å². The number of nitrogens with one attached hydrogen (secondary N) is 4. The Morgan fingerprint density at radius 3 is 2.18 bits per heavy atom. The van der Waals surface area contributed by atoms with Crippen LogP contribution in [0.2, 0.25) is 0 Å². The van der Waals surface area contributed by atoms with Gasteiger partial charge < -0.3 is 42.6 Å². The molecule has 208 valence electrons. The fourth-order valence-corrected chi connectivity index (χ4v) is 3.94. The van der Waals surface area contributed by atoms with E-state index in [-0.39, 0.29) is 18.6 Å². The number of fused-ring (bicyclic) bond motifs is 1. The zero-order chi connectivity index (χ0) is 28.2. The van der Waals surface area contributed by atoms with E-state index in [1.807, 2.05) is 12.1 Å². The summed E-state index contributed by atoms with van der Waals surface area (Å²) in [6.07, 6.45) is 1.92. The number of benzene rings is 1. The number of rotatable bonds is 16. The van der Waals surface area contributed by atoms with Gasteiger partial charge in [0.15, 0.2) is 0 Å². The van der Waals surface area contributed by atoms with Gasteiger partial charge in [0.1, 0.15) is 18.1 Å². The Kier molecular flexibility index (Phi) is 12.0. The summed E-state index contributed by atoms with van der Waals surface area (Å²) in [6.45, 7) is 0.357. The van der Waals surface area contributed by atoms with Gasteiger partial charge in [-0.15, -0.1) is 0 Å². The van der Waals surface area contributed by atoms with E-state index in [0.717, 1.165) is 10.9 Å². The number of amides is 3. The number of aromatic nitrogens is 1. The van der Waals surface area contributed by atoms with E-state index in [2.05, 4.69) is 33.6 Å². The number of nitrogens with two attached hydrogens (primary N) is 2. The number of unbranched alkanes of at least 4 members (excludes halogenated alkanes) is 1. The average molecular weight is 551 g/mol. The molecule has 4 unspecified atom stereocenters. The van der Waals surface area contributed by atoms with Gasteiger partial charge in [0.2, 0.25) is 17.7 Å². The van der Waals surface area contributed by atoms with Gasteiger partial charge in [-0.05, 0) is 37.4 Å². The van der Waals surface area contributed by atoms with Crippen molar-refractivity contribution in [3.05, 3.63) is 36.0 Å². The second-order valence-corrected chi connectivity index (χ2v) is 9.12. The maximum atomic E-state index is 13.0. The lowest BCUT2D eigenvalue weighted by atomic mass is 10.0. The Labute approximate surface area is 224 Å². The lowest BCUT2D eigenvalue weighted by Gasteiger charge is -2.24. The van der Waals surface area contributed by atoms with Crippen molar-refractivity contribution in [1.82, 2.24) is 20.9 Å². The first-order valence-electron chi connectivity index (χ1n) is 12.0. The van der Waals surface area contributed by atoms with Gasteiger partial charge in [-0.1, -0.05) is 18.2 Å². The number of para-hydroxylation sites is 1. The number of carbonyl (C=O) groups is 5. The summed E-state index contributed by atoms with van der Waals surface area (Å²) in [6, 6.07) is 2.12. The molecular formula is C24H34N6O7S. The molecule has 0 aliphatic rings. The molecule has 0 saturated heterocycles. The van der Waals surface area contributed by atoms with Crippen molar-refractivity contribution in [1.29, 1.82) is 0 Å². The van der Waals surface area contributed by atoms with Crippen molar-refractivity contribution in [3.8, 4) is 0 Å². The Balaban J connectivity index is 2.17. The topological polar surface area (TPSA) is 230 Å². The second kappa shape index (κ2) is 15.0. The van der Waals surface area contributed by atoms with Crippen LogP contribution >= 0.6 is 12.6 Å². The molecule has 13 nitrogen and oxygen atoms in total. The Hall–Kier alpha value is -3.62. The van der Waals surface area contributed by atoms with Crippen LogP contribution < -0.4 is 27.4 Å². The fourth-order valence-electron chi connectivity index (χ4n) is 3.77. The summed E-state index contributed by atoms with van der Waals surface area (Å²) in [7, 11) is 0. The fraction of sp³-hybridized carbons (Fsp3) is 0.458. The molecule has 2 aromatic rings. The summed E-state index contributed by atoms with van der Waals surface area (Å²) < 4.78 is 0. The molecule has 10 N–H and O–H groups in total. The minimum Gasteiger partial charge on any atom is -0.481 e. The maximum Gasteiger partial charge on any atom is 0.326 e. The summed E-state index contributed by atoms with van der Waals surface area (Å²) in [5.41, 5.74) is 12.6. The standard InChI is InChI=1S/C24H34N6O7S/c25-8-4-3-7-17(28-21(33)15(26)12-38)22(34)29-18(10-20(31)32)23(35)30-19(24(36)37)9-13-11-27-16-6-2-1-5-14(13)16/h1-2,5-6,11,15,17-19,27,38H,3-4,7-10,12,25-26H2,(H,28,33)(H,29,34)(H,30,35)(H,31,32)(H,36,37). The maximum absolute atomic E-state index is 13.0. The van der Waals surface area contributed by atoms with E-state index in [9.17, 15) is 34.2 Å². The van der Waals surface area contributed by atoms with Crippen molar-refractivity contribution in [2.45, 2.75) is 56.3 Å². The highest BCUT2D eigenvalue weighted by atomic mass is 32.1. The first-order valence-corrected chi connectivity index (χ1v) is 12.7. The third-order valence-electron chi connectivity index (χ3n) is 5.84. The lowest BCUT2D eigenvalue weighted by molar-refractivity contribution is -0.143. The number of aliphatic carboxylic acids is 2. The average Bonchev–Trinajstić information content (AvgIpc) is 3.29. The van der Waals surface area contributed by atoms with Gasteiger partial charge in [-0.3, -0.25) is 19.2 Å². The Morgan fingerprint density at radius 2 is 1.55 bits per heavy atom. The van der Waals surface area contributed by atoms with Gasteiger partial charge >= 0.3 is 11.9 Å². The van der Waals surface area contributed by atoms with Gasteiger partial charge in [-0.2, -0.15) is 12.6 Å². The van der Waals surface area contributed by atoms with Crippen molar-refractivity contribution < 1.29 is 34.2 Å². The highest BCUT2D eigenvalue weighted by Crippen LogP contribution is 2.19. The van der Waals surface area contributed by atoms with E-state index in [1.165, 1.54) is 0 Å². The van der Waals surface area contributed by atoms with E-state index in [0.29, 0.717) is 24.9 Å². The van der Waals surface area contributed by atoms with Crippen LogP contribution in [-0.4, -0.2) is 81.3 Å². The van der Waals surface area contributed by atoms with Gasteiger partial charge in [0.05, 0.1) is 12.5 Å². The molecule has 14 heteroatoms. The van der Waals surface area contributed by atoms with Crippen LogP contribution in [0.3, 0.4) is 0 Å². The first kappa shape index (κ1) is 30.6. The van der Waals surface area contributed by atoms with Crippen LogP contribution in [0, 0.1) is 0 Å². The summed E-state index contributed by atoms with van der Waals surface area (Å²) in [4.78, 5) is 64.6. The molecule has 38 heavy (non-hydrogen) atoms. The second-order valence-electron chi connectivity index (χ2n) is 8.76. The molecule has 1 heterocycles. The van der Waals surface area contributed by atoms with E-state index < -0.39 is 60.2 Å². The number of hydrogen-bond donors (Lipinski definition) is 9. The minimum atomic E-state index is -1.60.